The van der Waals surface area contributed by atoms with Gasteiger partial charge in [0.1, 0.15) is 0 Å². The monoisotopic (exact) mass is 125 g/mol. The van der Waals surface area contributed by atoms with Gasteiger partial charge in [-0.15, -0.1) is 0 Å². The average Bonchev–Trinajstić information content (AvgIpc) is 1.83. The van der Waals surface area contributed by atoms with Gasteiger partial charge in [-0.25, -0.2) is 0 Å². The number of hydrogen-bond donors (Lipinski definition) is 0. The second kappa shape index (κ2) is 3.90. The van der Waals surface area contributed by atoms with Crippen molar-refractivity contribution in [1.29, 1.82) is 5.26 Å². The summed E-state index contributed by atoms with van der Waals surface area (Å²) in [6.45, 7) is 1.80. The summed E-state index contributed by atoms with van der Waals surface area (Å²) in [7, 11) is 3.64. The predicted octanol–water partition coefficient (Wildman–Crippen LogP) is 0.693. The van der Waals surface area contributed by atoms with Crippen molar-refractivity contribution in [1.82, 2.24) is 5.01 Å². The molecule has 0 N–H and O–H groups in total. The van der Waals surface area contributed by atoms with Crippen molar-refractivity contribution in [3.63, 3.8) is 0 Å². The molecule has 0 aliphatic rings. The smallest absolute Gasteiger partial charge is 0.0805 e. The van der Waals surface area contributed by atoms with Crippen LogP contribution in [0.15, 0.2) is 5.10 Å². The van der Waals surface area contributed by atoms with E-state index in [0.717, 1.165) is 0 Å². The molecule has 0 aromatic rings. The van der Waals surface area contributed by atoms with E-state index in [4.69, 9.17) is 5.26 Å². The highest BCUT2D eigenvalue weighted by Gasteiger charge is 1.90. The number of hydrazone groups is 1. The van der Waals surface area contributed by atoms with Gasteiger partial charge in [-0.1, -0.05) is 0 Å². The minimum absolute atomic E-state index is 0.0904. The fourth-order valence-corrected chi connectivity index (χ4v) is 0.267. The van der Waals surface area contributed by atoms with Gasteiger partial charge in [0.05, 0.1) is 12.0 Å². The quantitative estimate of drug-likeness (QED) is 0.402. The molecule has 0 aliphatic carbocycles. The molecule has 0 bridgehead atoms. The van der Waals surface area contributed by atoms with Crippen molar-refractivity contribution in [3.8, 4) is 6.07 Å². The van der Waals surface area contributed by atoms with E-state index in [0.29, 0.717) is 0 Å². The summed E-state index contributed by atoms with van der Waals surface area (Å²) in [5.74, 6) is -0.0904. The van der Waals surface area contributed by atoms with Crippen LogP contribution in [0.25, 0.3) is 0 Å². The molecule has 0 fully saturated rings. The van der Waals surface area contributed by atoms with Crippen LogP contribution in [-0.2, 0) is 0 Å². The molecule has 0 aromatic heterocycles. The summed E-state index contributed by atoms with van der Waals surface area (Å²) in [5, 5.41) is 13.8. The lowest BCUT2D eigenvalue weighted by Gasteiger charge is -2.01. The minimum Gasteiger partial charge on any atom is -0.303 e. The Morgan fingerprint density at radius 1 is 1.67 bits per heavy atom. The lowest BCUT2D eigenvalue weighted by Crippen LogP contribution is -2.04. The zero-order valence-electron chi connectivity index (χ0n) is 6.00. The molecular weight excluding hydrogens is 114 g/mol. The zero-order chi connectivity index (χ0) is 7.28. The third-order valence-electron chi connectivity index (χ3n) is 0.725. The van der Waals surface area contributed by atoms with Crippen molar-refractivity contribution in [2.24, 2.45) is 11.0 Å². The number of nitrogens with zero attached hydrogens (tertiary/aromatic N) is 3. The first-order valence-electron chi connectivity index (χ1n) is 2.78. The van der Waals surface area contributed by atoms with E-state index in [1.807, 2.05) is 20.2 Å². The topological polar surface area (TPSA) is 39.4 Å². The van der Waals surface area contributed by atoms with Gasteiger partial charge in [-0.2, -0.15) is 10.4 Å². The van der Waals surface area contributed by atoms with Gasteiger partial charge in [0.15, 0.2) is 0 Å². The number of rotatable bonds is 2. The highest BCUT2D eigenvalue weighted by Crippen LogP contribution is 1.85. The third kappa shape index (κ3) is 4.82. The molecular formula is C6H11N3. The van der Waals surface area contributed by atoms with Crippen LogP contribution in [0.4, 0.5) is 0 Å². The lowest BCUT2D eigenvalue weighted by atomic mass is 10.2. The molecule has 0 aliphatic heterocycles. The Morgan fingerprint density at radius 3 is 2.56 bits per heavy atom. The van der Waals surface area contributed by atoms with Crippen molar-refractivity contribution in [2.45, 2.75) is 6.92 Å². The van der Waals surface area contributed by atoms with Gasteiger partial charge < -0.3 is 5.01 Å². The van der Waals surface area contributed by atoms with Gasteiger partial charge in [0, 0.05) is 20.3 Å². The van der Waals surface area contributed by atoms with E-state index in [1.165, 1.54) is 0 Å². The summed E-state index contributed by atoms with van der Waals surface area (Å²) in [4.78, 5) is 0. The molecule has 3 heteroatoms. The summed E-state index contributed by atoms with van der Waals surface area (Å²) >= 11 is 0. The second-order valence-corrected chi connectivity index (χ2v) is 2.03. The molecule has 0 saturated heterocycles. The molecule has 0 amide bonds. The van der Waals surface area contributed by atoms with Gasteiger partial charge in [-0.05, 0) is 6.92 Å². The van der Waals surface area contributed by atoms with Gasteiger partial charge in [0.2, 0.25) is 0 Å². The minimum atomic E-state index is -0.0904. The SMILES string of the molecule is CC(C#N)/C=N/N(C)C. The zero-order valence-corrected chi connectivity index (χ0v) is 6.00. The maximum absolute atomic E-state index is 8.29. The van der Waals surface area contributed by atoms with Crippen molar-refractivity contribution in [2.75, 3.05) is 14.1 Å². The molecule has 50 valence electrons. The lowest BCUT2D eigenvalue weighted by molar-refractivity contribution is 0.438. The summed E-state index contributed by atoms with van der Waals surface area (Å²) in [6, 6.07) is 2.04. The Labute approximate surface area is 55.6 Å². The Morgan fingerprint density at radius 2 is 2.22 bits per heavy atom. The van der Waals surface area contributed by atoms with E-state index >= 15 is 0 Å². The van der Waals surface area contributed by atoms with E-state index < -0.39 is 0 Å². The first-order valence-corrected chi connectivity index (χ1v) is 2.78. The Balaban J connectivity index is 3.60. The maximum atomic E-state index is 8.29. The van der Waals surface area contributed by atoms with Gasteiger partial charge in [-0.3, -0.25) is 0 Å². The third-order valence-corrected chi connectivity index (χ3v) is 0.725. The highest BCUT2D eigenvalue weighted by atomic mass is 15.4. The van der Waals surface area contributed by atoms with Crippen LogP contribution < -0.4 is 0 Å². The fourth-order valence-electron chi connectivity index (χ4n) is 0.267. The van der Waals surface area contributed by atoms with Gasteiger partial charge in [0.25, 0.3) is 0 Å². The maximum Gasteiger partial charge on any atom is 0.0805 e. The van der Waals surface area contributed by atoms with Gasteiger partial charge >= 0.3 is 0 Å². The van der Waals surface area contributed by atoms with Crippen LogP contribution in [-0.4, -0.2) is 25.3 Å². The fraction of sp³-hybridized carbons (Fsp3) is 0.667. The van der Waals surface area contributed by atoms with Crippen LogP contribution >= 0.6 is 0 Å². The molecule has 0 saturated carbocycles. The molecule has 0 radical (unpaired) electrons. The molecule has 1 unspecified atom stereocenters. The van der Waals surface area contributed by atoms with Crippen LogP contribution in [0.1, 0.15) is 6.92 Å². The normalized spacial score (nSPS) is 13.1. The second-order valence-electron chi connectivity index (χ2n) is 2.03. The van der Waals surface area contributed by atoms with Crippen molar-refractivity contribution in [3.05, 3.63) is 0 Å². The summed E-state index contributed by atoms with van der Waals surface area (Å²) in [5.41, 5.74) is 0. The van der Waals surface area contributed by atoms with E-state index in [-0.39, 0.29) is 5.92 Å². The Kier molecular flexibility index (Phi) is 3.45. The first-order chi connectivity index (χ1) is 4.16. The van der Waals surface area contributed by atoms with E-state index in [9.17, 15) is 0 Å². The van der Waals surface area contributed by atoms with E-state index in [2.05, 4.69) is 5.10 Å². The molecule has 0 heterocycles. The molecule has 3 nitrogen and oxygen atoms in total. The molecule has 1 atom stereocenters. The molecule has 9 heavy (non-hydrogen) atoms. The van der Waals surface area contributed by atoms with Crippen molar-refractivity contribution >= 4 is 6.21 Å². The largest absolute Gasteiger partial charge is 0.303 e. The Bertz CT molecular complexity index is 132. The van der Waals surface area contributed by atoms with Crippen molar-refractivity contribution < 1.29 is 0 Å². The Hall–Kier alpha value is -1.04. The standard InChI is InChI=1S/C6H11N3/c1-6(4-7)5-8-9(2)3/h5-6H,1-3H3/b8-5+. The van der Waals surface area contributed by atoms with Crippen LogP contribution in [0.5, 0.6) is 0 Å². The summed E-state index contributed by atoms with van der Waals surface area (Å²) < 4.78 is 0. The van der Waals surface area contributed by atoms with Crippen LogP contribution in [0.2, 0.25) is 0 Å². The van der Waals surface area contributed by atoms with Crippen LogP contribution in [0.3, 0.4) is 0 Å². The number of nitriles is 1. The first kappa shape index (κ1) is 7.96. The molecule has 0 spiro atoms. The molecule has 0 rings (SSSR count). The number of hydrogen-bond acceptors (Lipinski definition) is 3. The highest BCUT2D eigenvalue weighted by molar-refractivity contribution is 5.62. The summed E-state index contributed by atoms with van der Waals surface area (Å²) in [6.07, 6.45) is 1.61. The van der Waals surface area contributed by atoms with E-state index in [1.54, 1.807) is 18.1 Å². The average molecular weight is 125 g/mol. The van der Waals surface area contributed by atoms with Crippen LogP contribution in [0, 0.1) is 17.2 Å². The molecule has 0 aromatic carbocycles. The predicted molar refractivity (Wildman–Crippen MR) is 37.0 cm³/mol.